The quantitative estimate of drug-likeness (QED) is 0.644. The first-order chi connectivity index (χ1) is 8.68. The molecule has 18 heavy (non-hydrogen) atoms. The summed E-state index contributed by atoms with van der Waals surface area (Å²) in [4.78, 5) is 0. The molecule has 106 valence electrons. The van der Waals surface area contributed by atoms with E-state index in [1.54, 1.807) is 0 Å². The summed E-state index contributed by atoms with van der Waals surface area (Å²) >= 11 is 0. The lowest BCUT2D eigenvalue weighted by Crippen LogP contribution is -2.37. The molecular weight excluding hydrogens is 236 g/mol. The summed E-state index contributed by atoms with van der Waals surface area (Å²) in [7, 11) is -0.961. The fourth-order valence-corrected chi connectivity index (χ4v) is 5.02. The first kappa shape index (κ1) is 14.6. The van der Waals surface area contributed by atoms with E-state index < -0.39 is 9.04 Å². The second-order valence-corrected chi connectivity index (χ2v) is 10.0. The molecule has 0 radical (unpaired) electrons. The summed E-state index contributed by atoms with van der Waals surface area (Å²) in [6, 6.07) is 0. The van der Waals surface area contributed by atoms with Crippen LogP contribution in [0.5, 0.6) is 0 Å². The summed E-state index contributed by atoms with van der Waals surface area (Å²) < 4.78 is 6.67. The molecule has 2 aliphatic rings. The van der Waals surface area contributed by atoms with Crippen molar-refractivity contribution in [1.29, 1.82) is 0 Å². The first-order valence-corrected chi connectivity index (χ1v) is 10.6. The lowest BCUT2D eigenvalue weighted by atomic mass is 9.80. The van der Waals surface area contributed by atoms with Crippen LogP contribution in [-0.4, -0.2) is 15.1 Å². The van der Waals surface area contributed by atoms with Gasteiger partial charge in [-0.1, -0.05) is 46.0 Å². The highest BCUT2D eigenvalue weighted by Gasteiger charge is 2.34. The van der Waals surface area contributed by atoms with Crippen molar-refractivity contribution in [2.45, 2.75) is 89.8 Å². The van der Waals surface area contributed by atoms with E-state index in [-0.39, 0.29) is 0 Å². The van der Waals surface area contributed by atoms with E-state index in [1.165, 1.54) is 57.8 Å². The number of hydrogen-bond donors (Lipinski definition) is 0. The zero-order valence-electron chi connectivity index (χ0n) is 12.7. The Bertz CT molecular complexity index is 229. The molecule has 2 atom stereocenters. The van der Waals surface area contributed by atoms with Crippen LogP contribution in [0.3, 0.4) is 0 Å². The molecule has 2 rings (SSSR count). The largest absolute Gasteiger partial charge is 0.417 e. The molecule has 1 nitrogen and oxygen atoms in total. The Morgan fingerprint density at radius 3 is 1.72 bits per heavy atom. The molecule has 0 N–H and O–H groups in total. The van der Waals surface area contributed by atoms with Crippen LogP contribution >= 0.6 is 0 Å². The number of hydrogen-bond acceptors (Lipinski definition) is 1. The van der Waals surface area contributed by atoms with Gasteiger partial charge in [0, 0.05) is 0 Å². The molecule has 0 aromatic heterocycles. The zero-order valence-corrected chi connectivity index (χ0v) is 13.8. The molecule has 2 unspecified atom stereocenters. The smallest absolute Gasteiger partial charge is 0.176 e. The summed E-state index contributed by atoms with van der Waals surface area (Å²) in [6.07, 6.45) is 13.7. The van der Waals surface area contributed by atoms with Gasteiger partial charge < -0.3 is 4.43 Å². The SMILES string of the molecule is CC(C)[SiH](C)OC(C1CCCCC1)C1CCCC1. The van der Waals surface area contributed by atoms with Crippen LogP contribution in [0.25, 0.3) is 0 Å². The van der Waals surface area contributed by atoms with E-state index >= 15 is 0 Å². The van der Waals surface area contributed by atoms with Crippen LogP contribution in [0.4, 0.5) is 0 Å². The maximum absolute atomic E-state index is 6.67. The normalized spacial score (nSPS) is 26.7. The van der Waals surface area contributed by atoms with Gasteiger partial charge in [0.1, 0.15) is 0 Å². The standard InChI is InChI=1S/C16H32OSi/c1-13(2)18(3)17-16(15-11-7-8-12-15)14-9-5-4-6-10-14/h13-16,18H,4-12H2,1-3H3. The van der Waals surface area contributed by atoms with Crippen LogP contribution in [0, 0.1) is 11.8 Å². The molecule has 0 aromatic carbocycles. The molecule has 2 heteroatoms. The fourth-order valence-electron chi connectivity index (χ4n) is 3.76. The Hall–Kier alpha value is 0.177. The molecular formula is C16H32OSi. The highest BCUT2D eigenvalue weighted by Crippen LogP contribution is 2.39. The van der Waals surface area contributed by atoms with Crippen molar-refractivity contribution in [3.63, 3.8) is 0 Å². The van der Waals surface area contributed by atoms with Crippen LogP contribution in [0.1, 0.15) is 71.6 Å². The molecule has 0 bridgehead atoms. The molecule has 2 fully saturated rings. The van der Waals surface area contributed by atoms with Crippen molar-refractivity contribution in [3.8, 4) is 0 Å². The van der Waals surface area contributed by atoms with Gasteiger partial charge in [-0.3, -0.25) is 0 Å². The minimum Gasteiger partial charge on any atom is -0.417 e. The van der Waals surface area contributed by atoms with E-state index in [0.29, 0.717) is 6.10 Å². The minimum atomic E-state index is -0.961. The van der Waals surface area contributed by atoms with Crippen LogP contribution < -0.4 is 0 Å². The van der Waals surface area contributed by atoms with E-state index in [1.807, 2.05) is 0 Å². The Labute approximate surface area is 115 Å². The van der Waals surface area contributed by atoms with E-state index in [4.69, 9.17) is 4.43 Å². The minimum absolute atomic E-state index is 0.636. The van der Waals surface area contributed by atoms with Crippen LogP contribution in [-0.2, 0) is 4.43 Å². The van der Waals surface area contributed by atoms with Gasteiger partial charge in [-0.05, 0) is 49.6 Å². The molecule has 0 saturated heterocycles. The Balaban J connectivity index is 1.96. The third-order valence-electron chi connectivity index (χ3n) is 5.29. The monoisotopic (exact) mass is 268 g/mol. The van der Waals surface area contributed by atoms with Crippen molar-refractivity contribution >= 4 is 9.04 Å². The van der Waals surface area contributed by atoms with E-state index in [0.717, 1.165) is 17.4 Å². The molecule has 0 heterocycles. The Morgan fingerprint density at radius 2 is 1.28 bits per heavy atom. The van der Waals surface area contributed by atoms with Crippen LogP contribution in [0.15, 0.2) is 0 Å². The van der Waals surface area contributed by atoms with Gasteiger partial charge >= 0.3 is 0 Å². The number of rotatable bonds is 5. The highest BCUT2D eigenvalue weighted by molar-refractivity contribution is 6.51. The van der Waals surface area contributed by atoms with Gasteiger partial charge in [0.05, 0.1) is 6.10 Å². The maximum atomic E-state index is 6.67. The van der Waals surface area contributed by atoms with E-state index in [9.17, 15) is 0 Å². The summed E-state index contributed by atoms with van der Waals surface area (Å²) in [5.74, 6) is 1.80. The highest BCUT2D eigenvalue weighted by atomic mass is 28.3. The van der Waals surface area contributed by atoms with Gasteiger partial charge in [0.25, 0.3) is 0 Å². The Morgan fingerprint density at radius 1 is 0.833 bits per heavy atom. The molecule has 2 aliphatic carbocycles. The van der Waals surface area contributed by atoms with Crippen molar-refractivity contribution in [1.82, 2.24) is 0 Å². The summed E-state index contributed by atoms with van der Waals surface area (Å²) in [5.41, 5.74) is 0.789. The van der Waals surface area contributed by atoms with Gasteiger partial charge in [-0.2, -0.15) is 0 Å². The average molecular weight is 269 g/mol. The van der Waals surface area contributed by atoms with Gasteiger partial charge in [0.2, 0.25) is 0 Å². The topological polar surface area (TPSA) is 9.23 Å². The third-order valence-corrected chi connectivity index (χ3v) is 7.91. The van der Waals surface area contributed by atoms with Gasteiger partial charge in [0.15, 0.2) is 9.04 Å². The average Bonchev–Trinajstić information content (AvgIpc) is 2.90. The lowest BCUT2D eigenvalue weighted by molar-refractivity contribution is 0.0542. The fraction of sp³-hybridized carbons (Fsp3) is 1.00. The first-order valence-electron chi connectivity index (χ1n) is 8.34. The predicted molar refractivity (Wildman–Crippen MR) is 81.5 cm³/mol. The molecule has 0 amide bonds. The molecule has 0 aliphatic heterocycles. The lowest BCUT2D eigenvalue weighted by Gasteiger charge is -2.37. The Kier molecular flexibility index (Phi) is 5.75. The van der Waals surface area contributed by atoms with Gasteiger partial charge in [-0.25, -0.2) is 0 Å². The molecule has 0 spiro atoms. The summed E-state index contributed by atoms with van der Waals surface area (Å²) in [6.45, 7) is 7.11. The van der Waals surface area contributed by atoms with E-state index in [2.05, 4.69) is 20.4 Å². The van der Waals surface area contributed by atoms with Crippen molar-refractivity contribution in [3.05, 3.63) is 0 Å². The second-order valence-electron chi connectivity index (χ2n) is 6.99. The van der Waals surface area contributed by atoms with Gasteiger partial charge in [-0.15, -0.1) is 0 Å². The third kappa shape index (κ3) is 3.83. The van der Waals surface area contributed by atoms with Crippen molar-refractivity contribution < 1.29 is 4.43 Å². The predicted octanol–water partition coefficient (Wildman–Crippen LogP) is 4.91. The van der Waals surface area contributed by atoms with Crippen molar-refractivity contribution in [2.24, 2.45) is 11.8 Å². The molecule has 0 aromatic rings. The molecule has 2 saturated carbocycles. The maximum Gasteiger partial charge on any atom is 0.176 e. The second kappa shape index (κ2) is 7.09. The van der Waals surface area contributed by atoms with Crippen LogP contribution in [0.2, 0.25) is 12.1 Å². The van der Waals surface area contributed by atoms with Crippen molar-refractivity contribution in [2.75, 3.05) is 0 Å². The summed E-state index contributed by atoms with van der Waals surface area (Å²) in [5, 5.41) is 0. The zero-order chi connectivity index (χ0) is 13.0.